The van der Waals surface area contributed by atoms with E-state index in [1.807, 2.05) is 6.92 Å². The van der Waals surface area contributed by atoms with Crippen molar-refractivity contribution in [3.05, 3.63) is 46.8 Å². The number of nitrogens with zero attached hydrogens (tertiary/aromatic N) is 2. The minimum atomic E-state index is -3.70. The molecule has 1 amide bonds. The van der Waals surface area contributed by atoms with Gasteiger partial charge in [-0.2, -0.15) is 0 Å². The molecule has 0 radical (unpaired) electrons. The van der Waals surface area contributed by atoms with Crippen molar-refractivity contribution in [3.63, 3.8) is 0 Å². The van der Waals surface area contributed by atoms with Crippen molar-refractivity contribution in [2.45, 2.75) is 25.3 Å². The number of aryl methyl sites for hydroxylation is 2. The van der Waals surface area contributed by atoms with Crippen molar-refractivity contribution < 1.29 is 22.5 Å². The fraction of sp³-hybridized carbons (Fsp3) is 0.412. The standard InChI is InChI=1S/C17H23N3O5S/c1-12-16(13(2)25-19-12)11-20(3)17(21)14-6-5-7-15(10-14)26(22,23)18-8-9-24-4/h5-7,10,18H,8-9,11H2,1-4H3. The number of nitrogens with one attached hydrogen (secondary N) is 1. The molecule has 0 unspecified atom stereocenters. The molecule has 1 heterocycles. The van der Waals surface area contributed by atoms with Crippen LogP contribution in [0.1, 0.15) is 27.4 Å². The molecule has 0 saturated heterocycles. The predicted octanol–water partition coefficient (Wildman–Crippen LogP) is 1.49. The number of sulfonamides is 1. The number of rotatable bonds is 8. The van der Waals surface area contributed by atoms with Crippen molar-refractivity contribution in [3.8, 4) is 0 Å². The molecule has 1 aromatic carbocycles. The first-order valence-corrected chi connectivity index (χ1v) is 9.50. The lowest BCUT2D eigenvalue weighted by Gasteiger charge is -2.17. The molecule has 1 N–H and O–H groups in total. The van der Waals surface area contributed by atoms with E-state index in [2.05, 4.69) is 9.88 Å². The van der Waals surface area contributed by atoms with Crippen molar-refractivity contribution in [2.75, 3.05) is 27.3 Å². The van der Waals surface area contributed by atoms with Gasteiger partial charge >= 0.3 is 0 Å². The number of benzene rings is 1. The van der Waals surface area contributed by atoms with E-state index >= 15 is 0 Å². The summed E-state index contributed by atoms with van der Waals surface area (Å²) in [6.45, 7) is 4.33. The summed E-state index contributed by atoms with van der Waals surface area (Å²) in [5, 5.41) is 3.87. The summed E-state index contributed by atoms with van der Waals surface area (Å²) in [6.07, 6.45) is 0. The Bertz CT molecular complexity index is 857. The number of aromatic nitrogens is 1. The van der Waals surface area contributed by atoms with Crippen LogP contribution < -0.4 is 4.72 Å². The Hall–Kier alpha value is -2.23. The Balaban J connectivity index is 2.17. The summed E-state index contributed by atoms with van der Waals surface area (Å²) in [4.78, 5) is 14.2. The van der Waals surface area contributed by atoms with E-state index in [-0.39, 0.29) is 29.5 Å². The lowest BCUT2D eigenvalue weighted by atomic mass is 10.1. The van der Waals surface area contributed by atoms with Gasteiger partial charge in [-0.15, -0.1) is 0 Å². The summed E-state index contributed by atoms with van der Waals surface area (Å²) < 4.78 is 36.9. The smallest absolute Gasteiger partial charge is 0.253 e. The second kappa shape index (κ2) is 8.43. The monoisotopic (exact) mass is 381 g/mol. The number of carbonyl (C=O) groups is 1. The quantitative estimate of drug-likeness (QED) is 0.695. The Labute approximate surface area is 153 Å². The van der Waals surface area contributed by atoms with E-state index in [0.717, 1.165) is 11.3 Å². The van der Waals surface area contributed by atoms with Crippen LogP contribution in [0.15, 0.2) is 33.7 Å². The van der Waals surface area contributed by atoms with E-state index in [4.69, 9.17) is 9.26 Å². The van der Waals surface area contributed by atoms with Crippen molar-refractivity contribution in [1.82, 2.24) is 14.8 Å². The van der Waals surface area contributed by atoms with E-state index in [1.54, 1.807) is 26.1 Å². The first-order chi connectivity index (χ1) is 12.3. The second-order valence-corrected chi connectivity index (χ2v) is 7.65. The van der Waals surface area contributed by atoms with Gasteiger partial charge in [-0.3, -0.25) is 4.79 Å². The summed E-state index contributed by atoms with van der Waals surface area (Å²) >= 11 is 0. The van der Waals surface area contributed by atoms with Crippen LogP contribution in [-0.4, -0.2) is 51.7 Å². The normalized spacial score (nSPS) is 11.5. The van der Waals surface area contributed by atoms with E-state index < -0.39 is 10.0 Å². The molecule has 0 fully saturated rings. The fourth-order valence-corrected chi connectivity index (χ4v) is 3.47. The van der Waals surface area contributed by atoms with Crippen molar-refractivity contribution in [1.29, 1.82) is 0 Å². The lowest BCUT2D eigenvalue weighted by Crippen LogP contribution is -2.29. The van der Waals surface area contributed by atoms with Gasteiger partial charge in [0.1, 0.15) is 5.76 Å². The summed E-state index contributed by atoms with van der Waals surface area (Å²) in [7, 11) is -0.570. The number of hydrogen-bond acceptors (Lipinski definition) is 6. The molecule has 0 atom stereocenters. The molecule has 0 spiro atoms. The molecule has 2 rings (SSSR count). The van der Waals surface area contributed by atoms with E-state index in [1.165, 1.54) is 24.1 Å². The van der Waals surface area contributed by atoms with Crippen LogP contribution in [0.2, 0.25) is 0 Å². The van der Waals surface area contributed by atoms with Gasteiger partial charge in [0.05, 0.1) is 23.7 Å². The van der Waals surface area contributed by atoms with Gasteiger partial charge in [-0.25, -0.2) is 13.1 Å². The molecule has 2 aromatic rings. The molecule has 0 aliphatic carbocycles. The average molecular weight is 381 g/mol. The maximum atomic E-state index is 12.7. The Morgan fingerprint density at radius 2 is 2.08 bits per heavy atom. The molecule has 0 saturated carbocycles. The van der Waals surface area contributed by atoms with Gasteiger partial charge in [0.2, 0.25) is 10.0 Å². The zero-order valence-electron chi connectivity index (χ0n) is 15.3. The van der Waals surface area contributed by atoms with Gasteiger partial charge < -0.3 is 14.2 Å². The minimum Gasteiger partial charge on any atom is -0.383 e. The first kappa shape index (κ1) is 20.1. The highest BCUT2D eigenvalue weighted by atomic mass is 32.2. The van der Waals surface area contributed by atoms with E-state index in [0.29, 0.717) is 12.3 Å². The molecule has 0 aliphatic rings. The Morgan fingerprint density at radius 3 is 2.69 bits per heavy atom. The Morgan fingerprint density at radius 1 is 1.35 bits per heavy atom. The van der Waals surface area contributed by atoms with Gasteiger partial charge in [-0.05, 0) is 32.0 Å². The molecule has 1 aromatic heterocycles. The van der Waals surface area contributed by atoms with Crippen LogP contribution in [0.5, 0.6) is 0 Å². The SMILES string of the molecule is COCCNS(=O)(=O)c1cccc(C(=O)N(C)Cc2c(C)noc2C)c1. The third kappa shape index (κ3) is 4.69. The highest BCUT2D eigenvalue weighted by molar-refractivity contribution is 7.89. The molecular weight excluding hydrogens is 358 g/mol. The molecule has 0 bridgehead atoms. The van der Waals surface area contributed by atoms with Gasteiger partial charge in [0.25, 0.3) is 5.91 Å². The van der Waals surface area contributed by atoms with Gasteiger partial charge in [0.15, 0.2) is 0 Å². The predicted molar refractivity (Wildman–Crippen MR) is 95.3 cm³/mol. The average Bonchev–Trinajstić information content (AvgIpc) is 2.93. The molecule has 0 aliphatic heterocycles. The zero-order valence-corrected chi connectivity index (χ0v) is 16.1. The zero-order chi connectivity index (χ0) is 19.3. The Kier molecular flexibility index (Phi) is 6.52. The number of hydrogen-bond donors (Lipinski definition) is 1. The van der Waals surface area contributed by atoms with Crippen molar-refractivity contribution >= 4 is 15.9 Å². The minimum absolute atomic E-state index is 0.0326. The van der Waals surface area contributed by atoms with E-state index in [9.17, 15) is 13.2 Å². The van der Waals surface area contributed by atoms with Crippen LogP contribution in [0.3, 0.4) is 0 Å². The van der Waals surface area contributed by atoms with Crippen molar-refractivity contribution in [2.24, 2.45) is 0 Å². The second-order valence-electron chi connectivity index (χ2n) is 5.88. The summed E-state index contributed by atoms with van der Waals surface area (Å²) in [6, 6.07) is 5.93. The maximum Gasteiger partial charge on any atom is 0.253 e. The van der Waals surface area contributed by atoms with Crippen LogP contribution >= 0.6 is 0 Å². The third-order valence-electron chi connectivity index (χ3n) is 3.91. The lowest BCUT2D eigenvalue weighted by molar-refractivity contribution is 0.0784. The highest BCUT2D eigenvalue weighted by Gasteiger charge is 2.19. The largest absolute Gasteiger partial charge is 0.383 e. The molecule has 9 heteroatoms. The summed E-state index contributed by atoms with van der Waals surface area (Å²) in [5.74, 6) is 0.361. The number of carbonyl (C=O) groups excluding carboxylic acids is 1. The molecule has 8 nitrogen and oxygen atoms in total. The topological polar surface area (TPSA) is 102 Å². The fourth-order valence-electron chi connectivity index (χ4n) is 2.41. The van der Waals surface area contributed by atoms with Gasteiger partial charge in [-0.1, -0.05) is 11.2 Å². The van der Waals surface area contributed by atoms with Crippen LogP contribution in [0, 0.1) is 13.8 Å². The van der Waals surface area contributed by atoms with Crippen LogP contribution in [0.25, 0.3) is 0 Å². The van der Waals surface area contributed by atoms with Crippen LogP contribution in [-0.2, 0) is 21.3 Å². The molecule has 26 heavy (non-hydrogen) atoms. The number of amides is 1. The first-order valence-electron chi connectivity index (χ1n) is 8.02. The summed E-state index contributed by atoms with van der Waals surface area (Å²) in [5.41, 5.74) is 1.85. The number of ether oxygens (including phenoxy) is 1. The highest BCUT2D eigenvalue weighted by Crippen LogP contribution is 2.17. The molecular formula is C17H23N3O5S. The third-order valence-corrected chi connectivity index (χ3v) is 5.37. The number of methoxy groups -OCH3 is 1. The van der Waals surface area contributed by atoms with Gasteiger partial charge in [0, 0.05) is 31.8 Å². The van der Waals surface area contributed by atoms with Crippen LogP contribution in [0.4, 0.5) is 0 Å². The molecule has 142 valence electrons. The maximum absolute atomic E-state index is 12.7.